The summed E-state index contributed by atoms with van der Waals surface area (Å²) >= 11 is 3.45. The topological polar surface area (TPSA) is 124 Å². The summed E-state index contributed by atoms with van der Waals surface area (Å²) in [6, 6.07) is 7.98. The van der Waals surface area contributed by atoms with Crippen LogP contribution in [0.3, 0.4) is 0 Å². The lowest BCUT2D eigenvalue weighted by Crippen LogP contribution is -2.61. The normalized spacial score (nSPS) is 18.9. The van der Waals surface area contributed by atoms with Crippen LogP contribution in [-0.2, 0) is 14.4 Å². The number of hydrogen-bond acceptors (Lipinski definition) is 6. The largest absolute Gasteiger partial charge is 0.383 e. The molecule has 1 aromatic carbocycles. The second kappa shape index (κ2) is 11.2. The molecule has 34 heavy (non-hydrogen) atoms. The summed E-state index contributed by atoms with van der Waals surface area (Å²) < 4.78 is 0.932. The minimum atomic E-state index is -1.19. The van der Waals surface area contributed by atoms with Gasteiger partial charge < -0.3 is 15.7 Å². The molecule has 3 amide bonds. The van der Waals surface area contributed by atoms with Crippen molar-refractivity contribution >= 4 is 44.6 Å². The molecular weight excluding hydrogens is 502 g/mol. The Labute approximate surface area is 207 Å². The maximum atomic E-state index is 12.9. The number of pyridine rings is 1. The SMILES string of the molecule is CC(C)[C@H](O)C(=O)N[C@@H](C)C(=O)N1CCCC(C(=O)N[C@H](C)c2ccc3ccc(Br)cc3n2)N1. The second-order valence-corrected chi connectivity index (χ2v) is 9.95. The Balaban J connectivity index is 1.59. The van der Waals surface area contributed by atoms with Crippen LogP contribution in [0.4, 0.5) is 0 Å². The van der Waals surface area contributed by atoms with Crippen molar-refractivity contribution in [1.82, 2.24) is 26.1 Å². The lowest BCUT2D eigenvalue weighted by molar-refractivity contribution is -0.144. The number of benzene rings is 1. The molecule has 1 aliphatic heterocycles. The fraction of sp³-hybridized carbons (Fsp3) is 0.500. The number of aliphatic hydroxyl groups is 1. The van der Waals surface area contributed by atoms with E-state index in [4.69, 9.17) is 0 Å². The first kappa shape index (κ1) is 26.1. The number of nitrogens with zero attached hydrogens (tertiary/aromatic N) is 2. The summed E-state index contributed by atoms with van der Waals surface area (Å²) in [6.07, 6.45) is 0.0325. The zero-order chi connectivity index (χ0) is 25.0. The fourth-order valence-corrected chi connectivity index (χ4v) is 4.12. The lowest BCUT2D eigenvalue weighted by atomic mass is 10.1. The van der Waals surface area contributed by atoms with Gasteiger partial charge >= 0.3 is 0 Å². The molecule has 0 bridgehead atoms. The Morgan fingerprint density at radius 2 is 1.85 bits per heavy atom. The van der Waals surface area contributed by atoms with Crippen LogP contribution in [0.1, 0.15) is 52.3 Å². The van der Waals surface area contributed by atoms with E-state index in [1.807, 2.05) is 37.3 Å². The van der Waals surface area contributed by atoms with Gasteiger partial charge in [-0.25, -0.2) is 5.43 Å². The quantitative estimate of drug-likeness (QED) is 0.432. The van der Waals surface area contributed by atoms with Crippen molar-refractivity contribution in [2.75, 3.05) is 6.54 Å². The predicted octanol–water partition coefficient (Wildman–Crippen LogP) is 2.19. The van der Waals surface area contributed by atoms with Gasteiger partial charge in [-0.3, -0.25) is 24.4 Å². The Kier molecular flexibility index (Phi) is 8.62. The van der Waals surface area contributed by atoms with E-state index in [1.54, 1.807) is 20.8 Å². The Morgan fingerprint density at radius 3 is 2.56 bits per heavy atom. The highest BCUT2D eigenvalue weighted by molar-refractivity contribution is 9.10. The Morgan fingerprint density at radius 1 is 1.15 bits per heavy atom. The van der Waals surface area contributed by atoms with Gasteiger partial charge in [0.2, 0.25) is 11.8 Å². The number of halogens is 1. The zero-order valence-corrected chi connectivity index (χ0v) is 21.4. The van der Waals surface area contributed by atoms with E-state index < -0.39 is 24.1 Å². The number of carbonyl (C=O) groups is 3. The molecule has 0 saturated carbocycles. The van der Waals surface area contributed by atoms with Gasteiger partial charge in [0.25, 0.3) is 5.91 Å². The summed E-state index contributed by atoms with van der Waals surface area (Å²) in [5, 5.41) is 17.8. The zero-order valence-electron chi connectivity index (χ0n) is 19.8. The van der Waals surface area contributed by atoms with Crippen LogP contribution in [-0.4, -0.2) is 57.6 Å². The van der Waals surface area contributed by atoms with Crippen molar-refractivity contribution in [3.63, 3.8) is 0 Å². The molecule has 0 spiro atoms. The number of rotatable bonds is 7. The summed E-state index contributed by atoms with van der Waals surface area (Å²) in [4.78, 5) is 42.5. The minimum Gasteiger partial charge on any atom is -0.383 e. The third-order valence-electron chi connectivity index (χ3n) is 5.88. The van der Waals surface area contributed by atoms with Crippen LogP contribution in [0.5, 0.6) is 0 Å². The molecule has 10 heteroatoms. The van der Waals surface area contributed by atoms with Crippen LogP contribution in [0, 0.1) is 5.92 Å². The van der Waals surface area contributed by atoms with Gasteiger partial charge in [-0.1, -0.05) is 41.9 Å². The molecule has 184 valence electrons. The fourth-order valence-electron chi connectivity index (χ4n) is 3.77. The average molecular weight is 534 g/mol. The summed E-state index contributed by atoms with van der Waals surface area (Å²) in [5.74, 6) is -1.44. The van der Waals surface area contributed by atoms with Gasteiger partial charge in [0.15, 0.2) is 0 Å². The molecule has 1 unspecified atom stereocenters. The highest BCUT2D eigenvalue weighted by atomic mass is 79.9. The molecule has 3 rings (SSSR count). The number of hydrogen-bond donors (Lipinski definition) is 4. The number of fused-ring (bicyclic) bond motifs is 1. The van der Waals surface area contributed by atoms with Gasteiger partial charge in [-0.15, -0.1) is 0 Å². The number of carbonyl (C=O) groups excluding carboxylic acids is 3. The summed E-state index contributed by atoms with van der Waals surface area (Å²) in [7, 11) is 0. The lowest BCUT2D eigenvalue weighted by Gasteiger charge is -2.35. The van der Waals surface area contributed by atoms with Crippen molar-refractivity contribution in [1.29, 1.82) is 0 Å². The van der Waals surface area contributed by atoms with Crippen molar-refractivity contribution < 1.29 is 19.5 Å². The first-order chi connectivity index (χ1) is 16.1. The van der Waals surface area contributed by atoms with E-state index in [9.17, 15) is 19.5 Å². The van der Waals surface area contributed by atoms with Crippen LogP contribution in [0.2, 0.25) is 0 Å². The van der Waals surface area contributed by atoms with Crippen LogP contribution < -0.4 is 16.1 Å². The van der Waals surface area contributed by atoms with Crippen molar-refractivity contribution in [2.45, 2.75) is 64.8 Å². The highest BCUT2D eigenvalue weighted by Crippen LogP contribution is 2.21. The molecule has 9 nitrogen and oxygen atoms in total. The van der Waals surface area contributed by atoms with E-state index >= 15 is 0 Å². The highest BCUT2D eigenvalue weighted by Gasteiger charge is 2.32. The molecule has 1 aromatic heterocycles. The summed E-state index contributed by atoms with van der Waals surface area (Å²) in [5.41, 5.74) is 4.56. The molecule has 4 N–H and O–H groups in total. The first-order valence-electron chi connectivity index (χ1n) is 11.5. The van der Waals surface area contributed by atoms with Crippen molar-refractivity contribution in [3.8, 4) is 0 Å². The molecular formula is C24H32BrN5O4. The number of aliphatic hydroxyl groups excluding tert-OH is 1. The minimum absolute atomic E-state index is 0.229. The predicted molar refractivity (Wildman–Crippen MR) is 132 cm³/mol. The monoisotopic (exact) mass is 533 g/mol. The average Bonchev–Trinajstić information content (AvgIpc) is 2.82. The van der Waals surface area contributed by atoms with Gasteiger partial charge in [-0.2, -0.15) is 0 Å². The van der Waals surface area contributed by atoms with E-state index in [1.165, 1.54) is 5.01 Å². The molecule has 2 heterocycles. The van der Waals surface area contributed by atoms with E-state index in [-0.39, 0.29) is 23.8 Å². The van der Waals surface area contributed by atoms with Crippen LogP contribution in [0.25, 0.3) is 10.9 Å². The number of amides is 3. The number of hydrazine groups is 1. The molecule has 1 aliphatic rings. The molecule has 4 atom stereocenters. The van der Waals surface area contributed by atoms with E-state index in [0.29, 0.717) is 19.4 Å². The number of aromatic nitrogens is 1. The van der Waals surface area contributed by atoms with E-state index in [0.717, 1.165) is 21.1 Å². The first-order valence-corrected chi connectivity index (χ1v) is 12.3. The van der Waals surface area contributed by atoms with Gasteiger partial charge in [0.05, 0.1) is 17.3 Å². The Bertz CT molecular complexity index is 1060. The third-order valence-corrected chi connectivity index (χ3v) is 6.37. The van der Waals surface area contributed by atoms with E-state index in [2.05, 4.69) is 37.0 Å². The molecule has 1 saturated heterocycles. The standard InChI is InChI=1S/C24H32BrN5O4/c1-13(2)21(31)23(33)27-15(4)24(34)30-11-5-6-19(29-30)22(32)26-14(3)18-10-8-16-7-9-17(25)12-20(16)28-18/h7-10,12-15,19,21,29,31H,5-6,11H2,1-4H3,(H,26,32)(H,27,33)/t14-,15+,19?,21+/m1/s1. The van der Waals surface area contributed by atoms with Gasteiger partial charge in [0, 0.05) is 16.4 Å². The smallest absolute Gasteiger partial charge is 0.258 e. The molecule has 0 radical (unpaired) electrons. The molecule has 0 aliphatic carbocycles. The van der Waals surface area contributed by atoms with Crippen molar-refractivity contribution in [2.24, 2.45) is 5.92 Å². The summed E-state index contributed by atoms with van der Waals surface area (Å²) in [6.45, 7) is 7.29. The van der Waals surface area contributed by atoms with Crippen molar-refractivity contribution in [3.05, 3.63) is 40.5 Å². The van der Waals surface area contributed by atoms with Gasteiger partial charge in [-0.05, 0) is 50.8 Å². The molecule has 2 aromatic rings. The van der Waals surface area contributed by atoms with Gasteiger partial charge in [0.1, 0.15) is 18.2 Å². The maximum absolute atomic E-state index is 12.9. The van der Waals surface area contributed by atoms with Crippen LogP contribution in [0.15, 0.2) is 34.8 Å². The number of nitrogens with one attached hydrogen (secondary N) is 3. The third kappa shape index (κ3) is 6.31. The van der Waals surface area contributed by atoms with Crippen LogP contribution >= 0.6 is 15.9 Å². The Hall–Kier alpha value is -2.56. The maximum Gasteiger partial charge on any atom is 0.258 e. The second-order valence-electron chi connectivity index (χ2n) is 9.04. The molecule has 1 fully saturated rings.